The number of morpholine rings is 1. The van der Waals surface area contributed by atoms with Gasteiger partial charge in [0.2, 0.25) is 5.91 Å². The van der Waals surface area contributed by atoms with Crippen molar-refractivity contribution in [3.8, 4) is 11.5 Å². The summed E-state index contributed by atoms with van der Waals surface area (Å²) in [5.41, 5.74) is 3.13. The van der Waals surface area contributed by atoms with Crippen molar-refractivity contribution in [1.29, 1.82) is 0 Å². The number of hydrogen-bond acceptors (Lipinski definition) is 5. The van der Waals surface area contributed by atoms with Gasteiger partial charge in [0.05, 0.1) is 19.6 Å². The van der Waals surface area contributed by atoms with Gasteiger partial charge in [0.1, 0.15) is 24.7 Å². The maximum Gasteiger partial charge on any atom is 0.224 e. The van der Waals surface area contributed by atoms with Crippen molar-refractivity contribution in [3.05, 3.63) is 95.6 Å². The topological polar surface area (TPSA) is 60.0 Å². The number of nitrogens with one attached hydrogen (secondary N) is 1. The Labute approximate surface area is 201 Å². The van der Waals surface area contributed by atoms with E-state index in [4.69, 9.17) is 14.2 Å². The van der Waals surface area contributed by atoms with Crippen LogP contribution < -0.4 is 14.8 Å². The Hall–Kier alpha value is -3.35. The minimum absolute atomic E-state index is 0.0139. The summed E-state index contributed by atoms with van der Waals surface area (Å²) in [6, 6.07) is 25.6. The van der Waals surface area contributed by atoms with E-state index in [1.165, 1.54) is 0 Å². The molecular formula is C28H32N2O4. The summed E-state index contributed by atoms with van der Waals surface area (Å²) < 4.78 is 17.1. The second-order valence-electron chi connectivity index (χ2n) is 8.32. The highest BCUT2D eigenvalue weighted by molar-refractivity contribution is 5.78. The number of hydrogen-bond donors (Lipinski definition) is 1. The summed E-state index contributed by atoms with van der Waals surface area (Å²) in [6.07, 6.45) is 0.389. The fraction of sp³-hybridized carbons (Fsp3) is 0.321. The lowest BCUT2D eigenvalue weighted by molar-refractivity contribution is -0.120. The van der Waals surface area contributed by atoms with Crippen molar-refractivity contribution in [2.24, 2.45) is 0 Å². The van der Waals surface area contributed by atoms with E-state index in [1.54, 1.807) is 0 Å². The van der Waals surface area contributed by atoms with Crippen molar-refractivity contribution in [2.45, 2.75) is 19.6 Å². The van der Waals surface area contributed by atoms with E-state index in [9.17, 15) is 4.79 Å². The summed E-state index contributed by atoms with van der Waals surface area (Å²) >= 11 is 0. The molecule has 6 nitrogen and oxygen atoms in total. The Bertz CT molecular complexity index is 1000. The van der Waals surface area contributed by atoms with Gasteiger partial charge in [-0.05, 0) is 41.0 Å². The molecule has 0 atom stereocenters. The minimum Gasteiger partial charge on any atom is -0.492 e. The van der Waals surface area contributed by atoms with Gasteiger partial charge >= 0.3 is 0 Å². The molecule has 0 unspecified atom stereocenters. The maximum absolute atomic E-state index is 12.1. The molecule has 3 aromatic rings. The van der Waals surface area contributed by atoms with Gasteiger partial charge in [-0.25, -0.2) is 0 Å². The lowest BCUT2D eigenvalue weighted by atomic mass is 10.1. The highest BCUT2D eigenvalue weighted by Gasteiger charge is 2.09. The maximum atomic E-state index is 12.1. The van der Waals surface area contributed by atoms with Crippen molar-refractivity contribution >= 4 is 5.91 Å². The lowest BCUT2D eigenvalue weighted by Crippen LogP contribution is -2.38. The Morgan fingerprint density at radius 1 is 0.794 bits per heavy atom. The molecule has 0 bridgehead atoms. The standard InChI is InChI=1S/C28H32N2O4/c31-28(20-23-4-2-1-3-5-23)29-21-24-6-10-27(11-7-24)34-22-25-8-12-26(13-9-25)33-19-16-30-14-17-32-18-15-30/h1-13H,14-22H2,(H,29,31). The average molecular weight is 461 g/mol. The number of rotatable bonds is 11. The molecule has 3 aromatic carbocycles. The number of carbonyl (C=O) groups is 1. The summed E-state index contributed by atoms with van der Waals surface area (Å²) in [5, 5.41) is 2.96. The highest BCUT2D eigenvalue weighted by atomic mass is 16.5. The zero-order valence-electron chi connectivity index (χ0n) is 19.4. The van der Waals surface area contributed by atoms with Crippen LogP contribution in [0, 0.1) is 0 Å². The molecule has 1 aliphatic rings. The molecule has 0 aromatic heterocycles. The van der Waals surface area contributed by atoms with Gasteiger partial charge in [-0.2, -0.15) is 0 Å². The first-order chi connectivity index (χ1) is 16.7. The monoisotopic (exact) mass is 460 g/mol. The molecule has 1 saturated heterocycles. The molecule has 1 heterocycles. The van der Waals surface area contributed by atoms with E-state index in [0.29, 0.717) is 26.2 Å². The molecule has 1 amide bonds. The van der Waals surface area contributed by atoms with Crippen molar-refractivity contribution in [1.82, 2.24) is 10.2 Å². The normalized spacial score (nSPS) is 13.9. The summed E-state index contributed by atoms with van der Waals surface area (Å²) in [4.78, 5) is 14.5. The molecule has 0 radical (unpaired) electrons. The molecule has 178 valence electrons. The molecule has 6 heteroatoms. The van der Waals surface area contributed by atoms with Crippen LogP contribution in [0.4, 0.5) is 0 Å². The van der Waals surface area contributed by atoms with Crippen LogP contribution in [-0.2, 0) is 29.1 Å². The van der Waals surface area contributed by atoms with Gasteiger partial charge in [0.25, 0.3) is 0 Å². The van der Waals surface area contributed by atoms with Gasteiger partial charge in [-0.1, -0.05) is 54.6 Å². The number of carbonyl (C=O) groups excluding carboxylic acids is 1. The first kappa shape index (κ1) is 23.8. The third kappa shape index (κ3) is 7.90. The number of amides is 1. The molecule has 4 rings (SSSR count). The molecular weight excluding hydrogens is 428 g/mol. The van der Waals surface area contributed by atoms with Crippen LogP contribution in [0.2, 0.25) is 0 Å². The van der Waals surface area contributed by atoms with E-state index < -0.39 is 0 Å². The van der Waals surface area contributed by atoms with Crippen molar-refractivity contribution in [2.75, 3.05) is 39.5 Å². The van der Waals surface area contributed by atoms with Gasteiger partial charge in [0, 0.05) is 26.2 Å². The Kier molecular flexibility index (Phi) is 8.94. The van der Waals surface area contributed by atoms with E-state index >= 15 is 0 Å². The van der Waals surface area contributed by atoms with Crippen LogP contribution in [0.15, 0.2) is 78.9 Å². The molecule has 0 saturated carbocycles. The van der Waals surface area contributed by atoms with E-state index in [-0.39, 0.29) is 5.91 Å². The molecule has 1 fully saturated rings. The smallest absolute Gasteiger partial charge is 0.224 e. The van der Waals surface area contributed by atoms with Crippen LogP contribution in [-0.4, -0.2) is 50.3 Å². The van der Waals surface area contributed by atoms with Crippen LogP contribution in [0.25, 0.3) is 0 Å². The Balaban J connectivity index is 1.15. The highest BCUT2D eigenvalue weighted by Crippen LogP contribution is 2.17. The zero-order chi connectivity index (χ0) is 23.4. The quantitative estimate of drug-likeness (QED) is 0.471. The van der Waals surface area contributed by atoms with Crippen molar-refractivity contribution < 1.29 is 19.0 Å². The second-order valence-corrected chi connectivity index (χ2v) is 8.32. The zero-order valence-corrected chi connectivity index (χ0v) is 19.4. The third-order valence-electron chi connectivity index (χ3n) is 5.73. The minimum atomic E-state index is 0.0139. The largest absolute Gasteiger partial charge is 0.492 e. The molecule has 1 N–H and O–H groups in total. The predicted molar refractivity (Wildman–Crippen MR) is 132 cm³/mol. The van der Waals surface area contributed by atoms with Gasteiger partial charge in [-0.3, -0.25) is 9.69 Å². The first-order valence-electron chi connectivity index (χ1n) is 11.8. The van der Waals surface area contributed by atoms with Crippen LogP contribution in [0.1, 0.15) is 16.7 Å². The number of ether oxygens (including phenoxy) is 3. The molecule has 0 spiro atoms. The van der Waals surface area contributed by atoms with E-state index in [1.807, 2.05) is 78.9 Å². The Morgan fingerprint density at radius 3 is 2.15 bits per heavy atom. The molecule has 0 aliphatic carbocycles. The van der Waals surface area contributed by atoms with Crippen LogP contribution in [0.5, 0.6) is 11.5 Å². The lowest BCUT2D eigenvalue weighted by Gasteiger charge is -2.26. The van der Waals surface area contributed by atoms with E-state index in [2.05, 4.69) is 10.2 Å². The second kappa shape index (κ2) is 12.8. The first-order valence-corrected chi connectivity index (χ1v) is 11.8. The summed E-state index contributed by atoms with van der Waals surface area (Å²) in [6.45, 7) is 6.15. The SMILES string of the molecule is O=C(Cc1ccccc1)NCc1ccc(OCc2ccc(OCCN3CCOCC3)cc2)cc1. The molecule has 1 aliphatic heterocycles. The number of nitrogens with zero attached hydrogens (tertiary/aromatic N) is 1. The predicted octanol–water partition coefficient (Wildman–Crippen LogP) is 3.84. The molecule has 34 heavy (non-hydrogen) atoms. The van der Waals surface area contributed by atoms with Gasteiger partial charge < -0.3 is 19.5 Å². The fourth-order valence-corrected chi connectivity index (χ4v) is 3.71. The summed E-state index contributed by atoms with van der Waals surface area (Å²) in [7, 11) is 0. The van der Waals surface area contributed by atoms with E-state index in [0.717, 1.165) is 61.0 Å². The Morgan fingerprint density at radius 2 is 1.44 bits per heavy atom. The summed E-state index contributed by atoms with van der Waals surface area (Å²) in [5.74, 6) is 1.68. The van der Waals surface area contributed by atoms with Gasteiger partial charge in [-0.15, -0.1) is 0 Å². The number of benzene rings is 3. The third-order valence-corrected chi connectivity index (χ3v) is 5.73. The van der Waals surface area contributed by atoms with Crippen LogP contribution in [0.3, 0.4) is 0 Å². The van der Waals surface area contributed by atoms with Gasteiger partial charge in [0.15, 0.2) is 0 Å². The van der Waals surface area contributed by atoms with Crippen LogP contribution >= 0.6 is 0 Å². The van der Waals surface area contributed by atoms with Crippen molar-refractivity contribution in [3.63, 3.8) is 0 Å². The fourth-order valence-electron chi connectivity index (χ4n) is 3.71. The average Bonchev–Trinajstić information content (AvgIpc) is 2.89.